The number of oxime groups is 1. The highest BCUT2D eigenvalue weighted by Gasteiger charge is 2.31. The summed E-state index contributed by atoms with van der Waals surface area (Å²) in [6, 6.07) is 1.82. The molecule has 1 atom stereocenters. The highest BCUT2D eigenvalue weighted by molar-refractivity contribution is 6.36. The van der Waals surface area contributed by atoms with Gasteiger partial charge in [0.05, 0.1) is 20.8 Å². The topological polar surface area (TPSA) is 84.8 Å². The molecule has 0 aromatic heterocycles. The molecule has 2 heterocycles. The van der Waals surface area contributed by atoms with E-state index in [1.807, 2.05) is 6.07 Å². The molecule has 0 fully saturated rings. The fraction of sp³-hybridized carbons (Fsp3) is 0.500. The molecule has 0 amide bonds. The van der Waals surface area contributed by atoms with Crippen molar-refractivity contribution >= 4 is 11.7 Å². The highest BCUT2D eigenvalue weighted by Crippen LogP contribution is 2.49. The highest BCUT2D eigenvalue weighted by atomic mass is 16.7. The molecule has 1 aromatic carbocycles. The fourth-order valence-corrected chi connectivity index (χ4v) is 2.71. The molecule has 1 aromatic rings. The van der Waals surface area contributed by atoms with E-state index in [0.717, 1.165) is 5.56 Å². The molecule has 2 aliphatic heterocycles. The number of nitrogens with zero attached hydrogens (tertiary/aromatic N) is 1. The molecule has 2 aliphatic rings. The van der Waals surface area contributed by atoms with E-state index in [9.17, 15) is 4.79 Å². The Kier molecular flexibility index (Phi) is 4.64. The van der Waals surface area contributed by atoms with E-state index < -0.39 is 5.97 Å². The van der Waals surface area contributed by atoms with Crippen LogP contribution in [0.15, 0.2) is 11.2 Å². The molecule has 8 heteroatoms. The lowest BCUT2D eigenvalue weighted by atomic mass is 10.0. The number of benzene rings is 1. The maximum absolute atomic E-state index is 11.7. The second kappa shape index (κ2) is 6.86. The van der Waals surface area contributed by atoms with Gasteiger partial charge in [-0.3, -0.25) is 0 Å². The number of hydrogen-bond acceptors (Lipinski definition) is 8. The Bertz CT molecular complexity index is 671. The number of methoxy groups -OCH3 is 2. The van der Waals surface area contributed by atoms with Crippen molar-refractivity contribution in [3.63, 3.8) is 0 Å². The third kappa shape index (κ3) is 2.91. The van der Waals surface area contributed by atoms with Crippen LogP contribution in [0.4, 0.5) is 0 Å². The Hall–Kier alpha value is -2.64. The van der Waals surface area contributed by atoms with Crippen LogP contribution in [0, 0.1) is 0 Å². The number of carbonyl (C=O) groups excluding carboxylic acids is 1. The monoisotopic (exact) mass is 337 g/mol. The Morgan fingerprint density at radius 1 is 1.29 bits per heavy atom. The molecule has 1 unspecified atom stereocenters. The number of rotatable bonds is 6. The summed E-state index contributed by atoms with van der Waals surface area (Å²) in [5, 5.41) is 3.82. The molecule has 130 valence electrons. The van der Waals surface area contributed by atoms with Crippen LogP contribution >= 0.6 is 0 Å². The van der Waals surface area contributed by atoms with Crippen LogP contribution in [0.2, 0.25) is 0 Å². The normalized spacial score (nSPS) is 18.0. The van der Waals surface area contributed by atoms with Gasteiger partial charge in [-0.25, -0.2) is 4.79 Å². The third-order valence-corrected chi connectivity index (χ3v) is 3.76. The molecule has 24 heavy (non-hydrogen) atoms. The van der Waals surface area contributed by atoms with Crippen LogP contribution in [0.5, 0.6) is 23.0 Å². The predicted octanol–water partition coefficient (Wildman–Crippen LogP) is 1.68. The number of esters is 1. The van der Waals surface area contributed by atoms with Gasteiger partial charge in [-0.1, -0.05) is 5.16 Å². The Morgan fingerprint density at radius 3 is 2.79 bits per heavy atom. The largest absolute Gasteiger partial charge is 0.493 e. The van der Waals surface area contributed by atoms with E-state index in [0.29, 0.717) is 42.4 Å². The van der Waals surface area contributed by atoms with Gasteiger partial charge in [0, 0.05) is 18.4 Å². The zero-order valence-electron chi connectivity index (χ0n) is 13.8. The van der Waals surface area contributed by atoms with E-state index in [-0.39, 0.29) is 18.6 Å². The van der Waals surface area contributed by atoms with E-state index >= 15 is 0 Å². The molecule has 0 spiro atoms. The molecule has 0 bridgehead atoms. The lowest BCUT2D eigenvalue weighted by Crippen LogP contribution is -2.19. The standard InChI is InChI=1S/C16H19NO7/c1-4-21-16(18)11-7-10(24-17-11)5-9-6-12(19-2)14-15(13(9)20-3)23-8-22-14/h6,10H,4-5,7-8H2,1-3H3. The minimum atomic E-state index is -0.449. The summed E-state index contributed by atoms with van der Waals surface area (Å²) in [6.45, 7) is 2.16. The van der Waals surface area contributed by atoms with Crippen molar-refractivity contribution in [3.8, 4) is 23.0 Å². The summed E-state index contributed by atoms with van der Waals surface area (Å²) in [7, 11) is 3.12. The van der Waals surface area contributed by atoms with Crippen molar-refractivity contribution in [2.45, 2.75) is 25.9 Å². The maximum Gasteiger partial charge on any atom is 0.356 e. The van der Waals surface area contributed by atoms with Gasteiger partial charge >= 0.3 is 5.97 Å². The van der Waals surface area contributed by atoms with Crippen molar-refractivity contribution in [2.75, 3.05) is 27.6 Å². The van der Waals surface area contributed by atoms with Crippen LogP contribution < -0.4 is 18.9 Å². The molecule has 3 rings (SSSR count). The zero-order valence-corrected chi connectivity index (χ0v) is 13.8. The van der Waals surface area contributed by atoms with Crippen molar-refractivity contribution < 1.29 is 33.3 Å². The van der Waals surface area contributed by atoms with Crippen LogP contribution in [0.25, 0.3) is 0 Å². The second-order valence-corrected chi connectivity index (χ2v) is 5.23. The molecule has 0 N–H and O–H groups in total. The molecule has 0 radical (unpaired) electrons. The summed E-state index contributed by atoms with van der Waals surface area (Å²) in [6.07, 6.45) is 0.560. The van der Waals surface area contributed by atoms with Crippen molar-refractivity contribution in [2.24, 2.45) is 5.16 Å². The molecule has 0 saturated heterocycles. The lowest BCUT2D eigenvalue weighted by molar-refractivity contribution is -0.135. The van der Waals surface area contributed by atoms with E-state index in [4.69, 9.17) is 28.5 Å². The molecular weight excluding hydrogens is 318 g/mol. The first kappa shape index (κ1) is 16.2. The number of fused-ring (bicyclic) bond motifs is 1. The van der Waals surface area contributed by atoms with E-state index in [1.54, 1.807) is 21.1 Å². The average molecular weight is 337 g/mol. The SMILES string of the molecule is CCOC(=O)C1=NOC(Cc2cc(OC)c3c(c2OC)OCO3)C1. The van der Waals surface area contributed by atoms with Crippen molar-refractivity contribution in [1.82, 2.24) is 0 Å². The summed E-state index contributed by atoms with van der Waals surface area (Å²) < 4.78 is 26.7. The lowest BCUT2D eigenvalue weighted by Gasteiger charge is -2.15. The number of hydrogen-bond donors (Lipinski definition) is 0. The number of ether oxygens (including phenoxy) is 5. The fourth-order valence-electron chi connectivity index (χ4n) is 2.71. The van der Waals surface area contributed by atoms with Gasteiger partial charge in [0.1, 0.15) is 6.10 Å². The van der Waals surface area contributed by atoms with Gasteiger partial charge in [0.15, 0.2) is 17.2 Å². The zero-order chi connectivity index (χ0) is 17.1. The Labute approximate surface area is 139 Å². The molecule has 0 saturated carbocycles. The van der Waals surface area contributed by atoms with Crippen molar-refractivity contribution in [1.29, 1.82) is 0 Å². The summed E-state index contributed by atoms with van der Waals surface area (Å²) >= 11 is 0. The first-order valence-electron chi connectivity index (χ1n) is 7.61. The summed E-state index contributed by atoms with van der Waals surface area (Å²) in [5.41, 5.74) is 1.11. The van der Waals surface area contributed by atoms with Crippen LogP contribution in [0.1, 0.15) is 18.9 Å². The van der Waals surface area contributed by atoms with Gasteiger partial charge in [-0.2, -0.15) is 0 Å². The second-order valence-electron chi connectivity index (χ2n) is 5.23. The minimum Gasteiger partial charge on any atom is -0.493 e. The van der Waals surface area contributed by atoms with E-state index in [1.165, 1.54) is 0 Å². The number of carbonyl (C=O) groups is 1. The van der Waals surface area contributed by atoms with Gasteiger partial charge in [-0.15, -0.1) is 0 Å². The summed E-state index contributed by atoms with van der Waals surface area (Å²) in [5.74, 6) is 1.71. The van der Waals surface area contributed by atoms with Gasteiger partial charge in [0.25, 0.3) is 0 Å². The van der Waals surface area contributed by atoms with Crippen LogP contribution in [0.3, 0.4) is 0 Å². The summed E-state index contributed by atoms with van der Waals surface area (Å²) in [4.78, 5) is 17.1. The van der Waals surface area contributed by atoms with Crippen molar-refractivity contribution in [3.05, 3.63) is 11.6 Å². The Morgan fingerprint density at radius 2 is 2.08 bits per heavy atom. The van der Waals surface area contributed by atoms with Gasteiger partial charge < -0.3 is 28.5 Å². The maximum atomic E-state index is 11.7. The minimum absolute atomic E-state index is 0.113. The quantitative estimate of drug-likeness (QED) is 0.730. The molecular formula is C16H19NO7. The first-order valence-corrected chi connectivity index (χ1v) is 7.61. The van der Waals surface area contributed by atoms with E-state index in [2.05, 4.69) is 5.16 Å². The first-order chi connectivity index (χ1) is 11.7. The third-order valence-electron chi connectivity index (χ3n) is 3.76. The Balaban J connectivity index is 1.78. The smallest absolute Gasteiger partial charge is 0.356 e. The molecule has 8 nitrogen and oxygen atoms in total. The molecule has 0 aliphatic carbocycles. The van der Waals surface area contributed by atoms with Crippen LogP contribution in [-0.4, -0.2) is 45.4 Å². The van der Waals surface area contributed by atoms with Gasteiger partial charge in [0.2, 0.25) is 18.3 Å². The van der Waals surface area contributed by atoms with Gasteiger partial charge in [-0.05, 0) is 13.0 Å². The average Bonchev–Trinajstić information content (AvgIpc) is 3.23. The predicted molar refractivity (Wildman–Crippen MR) is 82.9 cm³/mol. The van der Waals surface area contributed by atoms with Crippen LogP contribution in [-0.2, 0) is 20.8 Å².